The van der Waals surface area contributed by atoms with E-state index in [0.717, 1.165) is 23.1 Å². The molecule has 0 heterocycles. The third kappa shape index (κ3) is 6.10. The number of hydrogen-bond acceptors (Lipinski definition) is 2. The minimum Gasteiger partial charge on any atom is -0.359 e. The maximum atomic E-state index is 11.9. The third-order valence-electron chi connectivity index (χ3n) is 3.50. The van der Waals surface area contributed by atoms with Crippen molar-refractivity contribution in [1.82, 2.24) is 15.5 Å². The molecule has 0 atom stereocenters. The van der Waals surface area contributed by atoms with Crippen molar-refractivity contribution in [2.24, 2.45) is 10.4 Å². The summed E-state index contributed by atoms with van der Waals surface area (Å²) in [5.41, 5.74) is 0.601. The van der Waals surface area contributed by atoms with Crippen molar-refractivity contribution in [3.63, 3.8) is 0 Å². The van der Waals surface area contributed by atoms with Crippen molar-refractivity contribution in [3.05, 3.63) is 34.9 Å². The molecule has 0 bridgehead atoms. The topological polar surface area (TPSA) is 56.7 Å². The predicted octanol–water partition coefficient (Wildman–Crippen LogP) is 2.51. The summed E-state index contributed by atoms with van der Waals surface area (Å²) in [6.07, 6.45) is 0. The van der Waals surface area contributed by atoms with Gasteiger partial charge in [-0.15, -0.1) is 0 Å². The van der Waals surface area contributed by atoms with E-state index in [2.05, 4.69) is 15.6 Å². The Kier molecular flexibility index (Phi) is 7.36. The van der Waals surface area contributed by atoms with Crippen LogP contribution in [-0.4, -0.2) is 44.0 Å². The van der Waals surface area contributed by atoms with Crippen molar-refractivity contribution < 1.29 is 4.79 Å². The average molecular weight is 339 g/mol. The maximum absolute atomic E-state index is 11.9. The number of hydrogen-bond donors (Lipinski definition) is 2. The monoisotopic (exact) mass is 338 g/mol. The van der Waals surface area contributed by atoms with E-state index in [1.54, 1.807) is 7.05 Å². The SMILES string of the molecule is CCNC(=NCC(C)(C)C(=O)NC)N(C)Cc1ccc(Cl)cc1. The van der Waals surface area contributed by atoms with Gasteiger partial charge in [0, 0.05) is 32.2 Å². The van der Waals surface area contributed by atoms with Crippen molar-refractivity contribution in [2.75, 3.05) is 27.2 Å². The second-order valence-electron chi connectivity index (χ2n) is 6.12. The fraction of sp³-hybridized carbons (Fsp3) is 0.529. The average Bonchev–Trinajstić information content (AvgIpc) is 2.52. The van der Waals surface area contributed by atoms with Crippen molar-refractivity contribution in [2.45, 2.75) is 27.3 Å². The lowest BCUT2D eigenvalue weighted by Gasteiger charge is -2.25. The zero-order chi connectivity index (χ0) is 17.5. The highest BCUT2D eigenvalue weighted by atomic mass is 35.5. The molecule has 0 radical (unpaired) electrons. The molecule has 23 heavy (non-hydrogen) atoms. The van der Waals surface area contributed by atoms with Gasteiger partial charge in [0.1, 0.15) is 0 Å². The first kappa shape index (κ1) is 19.3. The molecule has 0 fully saturated rings. The van der Waals surface area contributed by atoms with Crippen LogP contribution in [0, 0.1) is 5.41 Å². The van der Waals surface area contributed by atoms with E-state index in [-0.39, 0.29) is 5.91 Å². The van der Waals surface area contributed by atoms with Crippen LogP contribution in [0.15, 0.2) is 29.3 Å². The van der Waals surface area contributed by atoms with E-state index in [9.17, 15) is 4.79 Å². The highest BCUT2D eigenvalue weighted by molar-refractivity contribution is 6.30. The molecule has 128 valence electrons. The number of amides is 1. The van der Waals surface area contributed by atoms with Gasteiger partial charge in [0.2, 0.25) is 5.91 Å². The summed E-state index contributed by atoms with van der Waals surface area (Å²) >= 11 is 5.92. The molecule has 0 unspecified atom stereocenters. The predicted molar refractivity (Wildman–Crippen MR) is 96.7 cm³/mol. The molecule has 5 nitrogen and oxygen atoms in total. The summed E-state index contributed by atoms with van der Waals surface area (Å²) in [5, 5.41) is 6.67. The molecular formula is C17H27ClN4O. The molecule has 6 heteroatoms. The normalized spacial score (nSPS) is 12.0. The molecule has 0 aliphatic carbocycles. The van der Waals surface area contributed by atoms with Crippen LogP contribution in [0.3, 0.4) is 0 Å². The Morgan fingerprint density at radius 1 is 1.30 bits per heavy atom. The van der Waals surface area contributed by atoms with E-state index in [0.29, 0.717) is 13.1 Å². The van der Waals surface area contributed by atoms with E-state index in [4.69, 9.17) is 11.6 Å². The second-order valence-corrected chi connectivity index (χ2v) is 6.55. The number of carbonyl (C=O) groups is 1. The first-order valence-corrected chi connectivity index (χ1v) is 8.14. The Hall–Kier alpha value is -1.75. The fourth-order valence-electron chi connectivity index (χ4n) is 2.09. The minimum absolute atomic E-state index is 0.0162. The van der Waals surface area contributed by atoms with Crippen LogP contribution < -0.4 is 10.6 Å². The molecule has 1 amide bonds. The van der Waals surface area contributed by atoms with E-state index < -0.39 is 5.41 Å². The number of halogens is 1. The summed E-state index contributed by atoms with van der Waals surface area (Å²) in [6, 6.07) is 7.75. The second kappa shape index (κ2) is 8.77. The first-order chi connectivity index (χ1) is 10.8. The van der Waals surface area contributed by atoms with Gasteiger partial charge < -0.3 is 15.5 Å². The zero-order valence-electron chi connectivity index (χ0n) is 14.6. The van der Waals surface area contributed by atoms with E-state index in [1.807, 2.05) is 57.0 Å². The van der Waals surface area contributed by atoms with Crippen molar-refractivity contribution in [3.8, 4) is 0 Å². The van der Waals surface area contributed by atoms with Crippen molar-refractivity contribution >= 4 is 23.5 Å². The molecule has 0 aliphatic rings. The molecule has 2 N–H and O–H groups in total. The number of nitrogens with one attached hydrogen (secondary N) is 2. The fourth-order valence-corrected chi connectivity index (χ4v) is 2.22. The lowest BCUT2D eigenvalue weighted by Crippen LogP contribution is -2.41. The first-order valence-electron chi connectivity index (χ1n) is 7.76. The Morgan fingerprint density at radius 3 is 2.43 bits per heavy atom. The van der Waals surface area contributed by atoms with Crippen LogP contribution in [0.25, 0.3) is 0 Å². The quantitative estimate of drug-likeness (QED) is 0.619. The van der Waals surface area contributed by atoms with E-state index >= 15 is 0 Å². The van der Waals surface area contributed by atoms with Crippen LogP contribution in [-0.2, 0) is 11.3 Å². The molecule has 1 aromatic carbocycles. The van der Waals surface area contributed by atoms with Gasteiger partial charge in [-0.05, 0) is 38.5 Å². The largest absolute Gasteiger partial charge is 0.359 e. The van der Waals surface area contributed by atoms with Gasteiger partial charge in [0.05, 0.1) is 12.0 Å². The number of benzene rings is 1. The van der Waals surface area contributed by atoms with Crippen LogP contribution >= 0.6 is 11.6 Å². The number of rotatable bonds is 6. The van der Waals surface area contributed by atoms with Crippen LogP contribution in [0.5, 0.6) is 0 Å². The summed E-state index contributed by atoms with van der Waals surface area (Å²) in [6.45, 7) is 7.69. The lowest BCUT2D eigenvalue weighted by atomic mass is 9.93. The molecule has 1 aromatic rings. The summed E-state index contributed by atoms with van der Waals surface area (Å²) in [5.74, 6) is 0.761. The van der Waals surface area contributed by atoms with Gasteiger partial charge in [-0.3, -0.25) is 9.79 Å². The molecular weight excluding hydrogens is 312 g/mol. The number of aliphatic imine (C=N–C) groups is 1. The maximum Gasteiger partial charge on any atom is 0.227 e. The minimum atomic E-state index is -0.545. The smallest absolute Gasteiger partial charge is 0.227 e. The molecule has 1 rings (SSSR count). The lowest BCUT2D eigenvalue weighted by molar-refractivity contribution is -0.128. The summed E-state index contributed by atoms with van der Waals surface area (Å²) < 4.78 is 0. The van der Waals surface area contributed by atoms with E-state index in [1.165, 1.54) is 0 Å². The Labute approximate surface area is 144 Å². The van der Waals surface area contributed by atoms with Gasteiger partial charge in [0.15, 0.2) is 5.96 Å². The van der Waals surface area contributed by atoms with Gasteiger partial charge >= 0.3 is 0 Å². The molecule has 0 saturated heterocycles. The summed E-state index contributed by atoms with van der Waals surface area (Å²) in [4.78, 5) is 18.5. The van der Waals surface area contributed by atoms with Crippen LogP contribution in [0.1, 0.15) is 26.3 Å². The summed E-state index contributed by atoms with van der Waals surface area (Å²) in [7, 11) is 3.62. The molecule has 0 spiro atoms. The Morgan fingerprint density at radius 2 is 1.91 bits per heavy atom. The highest BCUT2D eigenvalue weighted by Gasteiger charge is 2.26. The van der Waals surface area contributed by atoms with Gasteiger partial charge in [-0.1, -0.05) is 23.7 Å². The van der Waals surface area contributed by atoms with Crippen molar-refractivity contribution in [1.29, 1.82) is 0 Å². The van der Waals surface area contributed by atoms with Crippen LogP contribution in [0.4, 0.5) is 0 Å². The third-order valence-corrected chi connectivity index (χ3v) is 3.75. The number of carbonyl (C=O) groups excluding carboxylic acids is 1. The Bertz CT molecular complexity index is 540. The Balaban J connectivity index is 2.81. The number of guanidine groups is 1. The standard InChI is InChI=1S/C17H27ClN4O/c1-6-20-16(21-12-17(2,3)15(23)19-4)22(5)11-13-7-9-14(18)10-8-13/h7-10H,6,11-12H2,1-5H3,(H,19,23)(H,20,21). The van der Waals surface area contributed by atoms with Gasteiger partial charge in [-0.2, -0.15) is 0 Å². The van der Waals surface area contributed by atoms with Gasteiger partial charge in [-0.25, -0.2) is 0 Å². The van der Waals surface area contributed by atoms with Crippen LogP contribution in [0.2, 0.25) is 5.02 Å². The molecule has 0 aromatic heterocycles. The highest BCUT2D eigenvalue weighted by Crippen LogP contribution is 2.16. The molecule has 0 aliphatic heterocycles. The van der Waals surface area contributed by atoms with Gasteiger partial charge in [0.25, 0.3) is 0 Å². The zero-order valence-corrected chi connectivity index (χ0v) is 15.4. The molecule has 0 saturated carbocycles. The number of nitrogens with zero attached hydrogens (tertiary/aromatic N) is 2.